The van der Waals surface area contributed by atoms with Gasteiger partial charge in [-0.3, -0.25) is 10.1 Å². The summed E-state index contributed by atoms with van der Waals surface area (Å²) in [5.74, 6) is 1.25. The average Bonchev–Trinajstić information content (AvgIpc) is 2.34. The second kappa shape index (κ2) is 7.90. The summed E-state index contributed by atoms with van der Waals surface area (Å²) in [6, 6.07) is 6.25. The fourth-order valence-electron chi connectivity index (χ4n) is 1.43. The molecule has 0 amide bonds. The Morgan fingerprint density at radius 1 is 1.24 bits per heavy atom. The zero-order valence-electron chi connectivity index (χ0n) is 9.60. The molecule has 0 bridgehead atoms. The fraction of sp³-hybridized carbons (Fsp3) is 0.500. The molecule has 0 radical (unpaired) electrons. The van der Waals surface area contributed by atoms with E-state index >= 15 is 0 Å². The lowest BCUT2D eigenvalue weighted by Crippen LogP contribution is -1.98. The predicted octanol–water partition coefficient (Wildman–Crippen LogP) is 3.77. The summed E-state index contributed by atoms with van der Waals surface area (Å²) in [6.07, 6.45) is 4.14. The molecule has 0 saturated heterocycles. The van der Waals surface area contributed by atoms with Gasteiger partial charge in [-0.25, -0.2) is 0 Å². The number of unbranched alkanes of at least 4 members (excludes halogenated alkanes) is 3. The lowest BCUT2D eigenvalue weighted by atomic mass is 10.2. The molecule has 94 valence electrons. The summed E-state index contributed by atoms with van der Waals surface area (Å²) in [5, 5.41) is 10.5. The van der Waals surface area contributed by atoms with Crippen LogP contribution in [0.3, 0.4) is 0 Å². The minimum atomic E-state index is -0.423. The van der Waals surface area contributed by atoms with E-state index < -0.39 is 4.92 Å². The third-order valence-corrected chi connectivity index (χ3v) is 2.59. The van der Waals surface area contributed by atoms with Gasteiger partial charge in [-0.1, -0.05) is 18.9 Å². The van der Waals surface area contributed by atoms with Crippen LogP contribution in [-0.4, -0.2) is 17.4 Å². The van der Waals surface area contributed by atoms with Crippen molar-refractivity contribution >= 4 is 17.3 Å². The predicted molar refractivity (Wildman–Crippen MR) is 67.8 cm³/mol. The molecule has 0 atom stereocenters. The van der Waals surface area contributed by atoms with Gasteiger partial charge in [0.05, 0.1) is 17.6 Å². The summed E-state index contributed by atoms with van der Waals surface area (Å²) in [4.78, 5) is 10.1. The fourth-order valence-corrected chi connectivity index (χ4v) is 1.62. The number of nitrogens with zero attached hydrogens (tertiary/aromatic N) is 1. The highest BCUT2D eigenvalue weighted by Gasteiger charge is 2.05. The van der Waals surface area contributed by atoms with Crippen molar-refractivity contribution in [3.63, 3.8) is 0 Å². The third-order valence-electron chi connectivity index (χ3n) is 2.33. The lowest BCUT2D eigenvalue weighted by Gasteiger charge is -2.05. The third kappa shape index (κ3) is 5.54. The van der Waals surface area contributed by atoms with E-state index in [9.17, 15) is 10.1 Å². The number of hydrogen-bond donors (Lipinski definition) is 0. The normalized spacial score (nSPS) is 10.2. The van der Waals surface area contributed by atoms with Crippen molar-refractivity contribution in [3.05, 3.63) is 34.4 Å². The quantitative estimate of drug-likeness (QED) is 0.308. The van der Waals surface area contributed by atoms with Gasteiger partial charge in [-0.2, -0.15) is 0 Å². The van der Waals surface area contributed by atoms with E-state index in [1.54, 1.807) is 12.1 Å². The van der Waals surface area contributed by atoms with Gasteiger partial charge in [0.2, 0.25) is 0 Å². The first-order chi connectivity index (χ1) is 8.24. The Labute approximate surface area is 106 Å². The Balaban J connectivity index is 2.27. The molecule has 0 aliphatic heterocycles. The molecule has 0 aromatic heterocycles. The van der Waals surface area contributed by atoms with Gasteiger partial charge >= 0.3 is 0 Å². The highest BCUT2D eigenvalue weighted by molar-refractivity contribution is 6.17. The van der Waals surface area contributed by atoms with Crippen LogP contribution >= 0.6 is 11.6 Å². The van der Waals surface area contributed by atoms with Crippen molar-refractivity contribution in [1.29, 1.82) is 0 Å². The van der Waals surface area contributed by atoms with E-state index in [1.807, 2.05) is 0 Å². The maximum Gasteiger partial charge on any atom is 0.273 e. The molecule has 0 spiro atoms. The van der Waals surface area contributed by atoms with Crippen molar-refractivity contribution in [2.75, 3.05) is 12.5 Å². The molecule has 0 N–H and O–H groups in total. The number of nitro groups is 1. The Kier molecular flexibility index (Phi) is 6.40. The number of halogens is 1. The summed E-state index contributed by atoms with van der Waals surface area (Å²) < 4.78 is 5.44. The van der Waals surface area contributed by atoms with Gasteiger partial charge in [0, 0.05) is 11.9 Å². The van der Waals surface area contributed by atoms with Crippen LogP contribution in [0.1, 0.15) is 25.7 Å². The first-order valence-electron chi connectivity index (χ1n) is 5.67. The Bertz CT molecular complexity index is 357. The van der Waals surface area contributed by atoms with E-state index in [2.05, 4.69) is 0 Å². The second-order valence-corrected chi connectivity index (χ2v) is 4.08. The Morgan fingerprint density at radius 3 is 2.71 bits per heavy atom. The van der Waals surface area contributed by atoms with Gasteiger partial charge in [-0.15, -0.1) is 11.6 Å². The number of ether oxygens (including phenoxy) is 1. The van der Waals surface area contributed by atoms with Gasteiger partial charge in [0.1, 0.15) is 5.75 Å². The molecular weight excluding hydrogens is 242 g/mol. The second-order valence-electron chi connectivity index (χ2n) is 3.71. The van der Waals surface area contributed by atoms with Crippen LogP contribution in [0.25, 0.3) is 0 Å². The zero-order chi connectivity index (χ0) is 12.5. The molecule has 1 rings (SSSR count). The summed E-state index contributed by atoms with van der Waals surface area (Å²) in [6.45, 7) is 0.587. The van der Waals surface area contributed by atoms with Crippen LogP contribution < -0.4 is 4.74 Å². The molecule has 1 aromatic carbocycles. The standard InChI is InChI=1S/C12H16ClNO3/c13-8-3-1-2-4-9-17-12-7-5-6-11(10-12)14(15)16/h5-7,10H,1-4,8-9H2. The van der Waals surface area contributed by atoms with Crippen molar-refractivity contribution in [2.45, 2.75) is 25.7 Å². The van der Waals surface area contributed by atoms with Crippen molar-refractivity contribution in [2.24, 2.45) is 0 Å². The topological polar surface area (TPSA) is 52.4 Å². The largest absolute Gasteiger partial charge is 0.493 e. The molecule has 4 nitrogen and oxygen atoms in total. The lowest BCUT2D eigenvalue weighted by molar-refractivity contribution is -0.384. The van der Waals surface area contributed by atoms with Crippen LogP contribution in [0.2, 0.25) is 0 Å². The first-order valence-corrected chi connectivity index (χ1v) is 6.20. The van der Waals surface area contributed by atoms with Crippen LogP contribution in [0.4, 0.5) is 5.69 Å². The molecule has 0 heterocycles. The van der Waals surface area contributed by atoms with E-state index in [4.69, 9.17) is 16.3 Å². The Morgan fingerprint density at radius 2 is 2.00 bits per heavy atom. The minimum absolute atomic E-state index is 0.0599. The van der Waals surface area contributed by atoms with Crippen molar-refractivity contribution in [1.82, 2.24) is 0 Å². The molecular formula is C12H16ClNO3. The molecule has 0 aliphatic rings. The average molecular weight is 258 g/mol. The van der Waals surface area contributed by atoms with Gasteiger partial charge < -0.3 is 4.74 Å². The van der Waals surface area contributed by atoms with Crippen molar-refractivity contribution in [3.8, 4) is 5.75 Å². The highest BCUT2D eigenvalue weighted by atomic mass is 35.5. The summed E-state index contributed by atoms with van der Waals surface area (Å²) in [5.41, 5.74) is 0.0599. The van der Waals surface area contributed by atoms with Gasteiger partial charge in [0.25, 0.3) is 5.69 Å². The monoisotopic (exact) mass is 257 g/mol. The maximum absolute atomic E-state index is 10.5. The molecule has 1 aromatic rings. The highest BCUT2D eigenvalue weighted by Crippen LogP contribution is 2.19. The van der Waals surface area contributed by atoms with E-state index in [-0.39, 0.29) is 5.69 Å². The number of benzene rings is 1. The van der Waals surface area contributed by atoms with E-state index in [0.717, 1.165) is 25.7 Å². The minimum Gasteiger partial charge on any atom is -0.493 e. The molecule has 5 heteroatoms. The summed E-state index contributed by atoms with van der Waals surface area (Å²) in [7, 11) is 0. The molecule has 0 unspecified atom stereocenters. The van der Waals surface area contributed by atoms with Crippen molar-refractivity contribution < 1.29 is 9.66 Å². The van der Waals surface area contributed by atoms with Gasteiger partial charge in [0.15, 0.2) is 0 Å². The smallest absolute Gasteiger partial charge is 0.273 e. The first kappa shape index (κ1) is 13.8. The molecule has 0 saturated carbocycles. The number of alkyl halides is 1. The van der Waals surface area contributed by atoms with Crippen LogP contribution in [0.15, 0.2) is 24.3 Å². The van der Waals surface area contributed by atoms with E-state index in [0.29, 0.717) is 18.2 Å². The van der Waals surface area contributed by atoms with Crippen LogP contribution in [0, 0.1) is 10.1 Å². The summed E-state index contributed by atoms with van der Waals surface area (Å²) >= 11 is 5.56. The number of rotatable bonds is 8. The zero-order valence-corrected chi connectivity index (χ0v) is 10.4. The molecule has 0 fully saturated rings. The molecule has 17 heavy (non-hydrogen) atoms. The van der Waals surface area contributed by atoms with Crippen LogP contribution in [0.5, 0.6) is 5.75 Å². The SMILES string of the molecule is O=[N+]([O-])c1cccc(OCCCCCCCl)c1. The molecule has 0 aliphatic carbocycles. The maximum atomic E-state index is 10.5. The Hall–Kier alpha value is -1.29. The van der Waals surface area contributed by atoms with Crippen LogP contribution in [-0.2, 0) is 0 Å². The number of nitro benzene ring substituents is 1. The van der Waals surface area contributed by atoms with E-state index in [1.165, 1.54) is 12.1 Å². The number of hydrogen-bond acceptors (Lipinski definition) is 3. The number of non-ortho nitro benzene ring substituents is 1. The van der Waals surface area contributed by atoms with Gasteiger partial charge in [-0.05, 0) is 18.9 Å².